The molecule has 2 aromatic heterocycles. The maximum atomic E-state index is 13.0. The van der Waals surface area contributed by atoms with E-state index in [0.717, 1.165) is 17.0 Å². The molecule has 4 rings (SSSR count). The van der Waals surface area contributed by atoms with Crippen molar-refractivity contribution in [2.24, 2.45) is 0 Å². The summed E-state index contributed by atoms with van der Waals surface area (Å²) in [4.78, 5) is 29.2. The highest BCUT2D eigenvalue weighted by Crippen LogP contribution is 2.37. The van der Waals surface area contributed by atoms with Crippen molar-refractivity contribution in [1.82, 2.24) is 19.8 Å². The lowest BCUT2D eigenvalue weighted by Gasteiger charge is -2.22. The topological polar surface area (TPSA) is 80.5 Å². The molecule has 10 heteroatoms. The van der Waals surface area contributed by atoms with E-state index in [2.05, 4.69) is 28.3 Å². The summed E-state index contributed by atoms with van der Waals surface area (Å²) < 4.78 is 1.93. The first-order valence-electron chi connectivity index (χ1n) is 9.70. The van der Waals surface area contributed by atoms with Gasteiger partial charge in [0.05, 0.1) is 11.4 Å². The molecule has 0 radical (unpaired) electrons. The van der Waals surface area contributed by atoms with E-state index >= 15 is 0 Å². The highest BCUT2D eigenvalue weighted by molar-refractivity contribution is 8.01. The van der Waals surface area contributed by atoms with Crippen molar-refractivity contribution in [3.63, 3.8) is 0 Å². The van der Waals surface area contributed by atoms with Crippen LogP contribution in [0.4, 0.5) is 5.69 Å². The smallest absolute Gasteiger partial charge is 0.297 e. The van der Waals surface area contributed by atoms with Crippen LogP contribution in [-0.4, -0.2) is 43.3 Å². The third-order valence-electron chi connectivity index (χ3n) is 4.75. The van der Waals surface area contributed by atoms with Crippen molar-refractivity contribution in [2.75, 3.05) is 17.2 Å². The van der Waals surface area contributed by atoms with Gasteiger partial charge >= 0.3 is 0 Å². The molecular weight excluding hydrogens is 438 g/mol. The van der Waals surface area contributed by atoms with Crippen LogP contribution in [-0.2, 0) is 10.2 Å². The van der Waals surface area contributed by atoms with E-state index in [4.69, 9.17) is 0 Å². The van der Waals surface area contributed by atoms with Crippen LogP contribution in [0.3, 0.4) is 0 Å². The monoisotopic (exact) mass is 461 g/mol. The van der Waals surface area contributed by atoms with Crippen molar-refractivity contribution in [3.8, 4) is 0 Å². The zero-order valence-corrected chi connectivity index (χ0v) is 19.7. The normalized spacial score (nSPS) is 17.1. The first kappa shape index (κ1) is 21.3. The number of rotatable bonds is 3. The van der Waals surface area contributed by atoms with Crippen LogP contribution in [0.5, 0.6) is 0 Å². The van der Waals surface area contributed by atoms with Gasteiger partial charge in [0.1, 0.15) is 5.69 Å². The molecule has 0 N–H and O–H groups in total. The Morgan fingerprint density at radius 3 is 2.80 bits per heavy atom. The molecule has 1 amide bonds. The number of hydrogen-bond acceptors (Lipinski definition) is 8. The molecule has 7 nitrogen and oxygen atoms in total. The minimum absolute atomic E-state index is 0.0372. The van der Waals surface area contributed by atoms with Gasteiger partial charge in [-0.3, -0.25) is 9.59 Å². The van der Waals surface area contributed by atoms with Crippen LogP contribution in [0.1, 0.15) is 39.8 Å². The second-order valence-corrected chi connectivity index (χ2v) is 11.8. The van der Waals surface area contributed by atoms with Gasteiger partial charge in [-0.15, -0.1) is 27.1 Å². The molecule has 1 aromatic carbocycles. The summed E-state index contributed by atoms with van der Waals surface area (Å²) in [6.07, 6.45) is 0.942. The molecule has 0 fully saturated rings. The number of aromatic nitrogens is 4. The molecule has 0 bridgehead atoms. The molecule has 0 spiro atoms. The van der Waals surface area contributed by atoms with Crippen molar-refractivity contribution in [1.29, 1.82) is 0 Å². The van der Waals surface area contributed by atoms with E-state index in [1.54, 1.807) is 0 Å². The Labute approximate surface area is 187 Å². The van der Waals surface area contributed by atoms with Crippen molar-refractivity contribution in [2.45, 2.75) is 54.0 Å². The lowest BCUT2D eigenvalue weighted by atomic mass is 9.93. The maximum absolute atomic E-state index is 13.0. The molecule has 3 heterocycles. The molecule has 158 valence electrons. The molecule has 3 aromatic rings. The SMILES string of the molecule is C[C@H]1CCN(C(=O)CSc2nn3c(=O)c(C(C)(C)C)nnc3s2)c2ccccc2S1. The van der Waals surface area contributed by atoms with Gasteiger partial charge in [0, 0.05) is 22.1 Å². The van der Waals surface area contributed by atoms with Crippen LogP contribution in [0.2, 0.25) is 0 Å². The van der Waals surface area contributed by atoms with Gasteiger partial charge in [0.25, 0.3) is 5.56 Å². The Hall–Kier alpha value is -1.91. The van der Waals surface area contributed by atoms with E-state index in [1.807, 2.05) is 55.6 Å². The summed E-state index contributed by atoms with van der Waals surface area (Å²) in [5.74, 6) is 0.289. The standard InChI is InChI=1S/C20H23N5O2S3/c1-12-9-10-24(13-7-5-6-8-14(13)29-12)15(26)11-28-19-23-25-17(27)16(20(2,3)4)21-22-18(25)30-19/h5-8,12H,9-11H2,1-4H3/t12-/m0/s1. The molecule has 30 heavy (non-hydrogen) atoms. The van der Waals surface area contributed by atoms with Crippen LogP contribution in [0.25, 0.3) is 4.96 Å². The first-order chi connectivity index (χ1) is 14.2. The fraction of sp³-hybridized carbons (Fsp3) is 0.450. The second-order valence-electron chi connectivity index (χ2n) is 8.19. The van der Waals surface area contributed by atoms with E-state index in [9.17, 15) is 9.59 Å². The number of carbonyl (C=O) groups excluding carboxylic acids is 1. The van der Waals surface area contributed by atoms with E-state index in [0.29, 0.717) is 26.8 Å². The van der Waals surface area contributed by atoms with Gasteiger partial charge in [-0.2, -0.15) is 4.52 Å². The van der Waals surface area contributed by atoms with Crippen molar-refractivity contribution < 1.29 is 4.79 Å². The number of benzene rings is 1. The molecule has 1 aliphatic heterocycles. The number of hydrogen-bond donors (Lipinski definition) is 0. The Morgan fingerprint density at radius 2 is 2.03 bits per heavy atom. The molecule has 1 atom stereocenters. The Balaban J connectivity index is 1.54. The summed E-state index contributed by atoms with van der Waals surface area (Å²) in [5, 5.41) is 13.1. The van der Waals surface area contributed by atoms with Gasteiger partial charge in [-0.05, 0) is 18.6 Å². The largest absolute Gasteiger partial charge is 0.311 e. The number of thioether (sulfide) groups is 2. The lowest BCUT2D eigenvalue weighted by molar-refractivity contribution is -0.116. The summed E-state index contributed by atoms with van der Waals surface area (Å²) in [5.41, 5.74) is 0.687. The van der Waals surface area contributed by atoms with Gasteiger partial charge in [0.15, 0.2) is 4.34 Å². The minimum Gasteiger partial charge on any atom is -0.311 e. The molecular formula is C20H23N5O2S3. The van der Waals surface area contributed by atoms with Gasteiger partial charge in [0.2, 0.25) is 10.9 Å². The quantitative estimate of drug-likeness (QED) is 0.548. The first-order valence-corrected chi connectivity index (χ1v) is 12.4. The zero-order valence-electron chi connectivity index (χ0n) is 17.3. The number of nitrogens with zero attached hydrogens (tertiary/aromatic N) is 5. The Kier molecular flexibility index (Phi) is 5.91. The van der Waals surface area contributed by atoms with Crippen LogP contribution in [0.15, 0.2) is 38.3 Å². The van der Waals surface area contributed by atoms with Crippen LogP contribution < -0.4 is 10.5 Å². The zero-order chi connectivity index (χ0) is 21.5. The fourth-order valence-corrected chi connectivity index (χ4v) is 6.04. The van der Waals surface area contributed by atoms with Crippen LogP contribution in [0, 0.1) is 0 Å². The number of amides is 1. The number of anilines is 1. The molecule has 0 unspecified atom stereocenters. The van der Waals surface area contributed by atoms with E-state index < -0.39 is 5.41 Å². The second kappa shape index (κ2) is 8.32. The molecule has 1 aliphatic rings. The van der Waals surface area contributed by atoms with Crippen LogP contribution >= 0.6 is 34.9 Å². The van der Waals surface area contributed by atoms with Crippen molar-refractivity contribution >= 4 is 51.4 Å². The Morgan fingerprint density at radius 1 is 1.27 bits per heavy atom. The predicted octanol–water partition coefficient (Wildman–Crippen LogP) is 3.85. The summed E-state index contributed by atoms with van der Waals surface area (Å²) >= 11 is 4.42. The predicted molar refractivity (Wildman–Crippen MR) is 123 cm³/mol. The number of carbonyl (C=O) groups is 1. The third kappa shape index (κ3) is 4.26. The van der Waals surface area contributed by atoms with Gasteiger partial charge in [-0.25, -0.2) is 0 Å². The van der Waals surface area contributed by atoms with Gasteiger partial charge in [-0.1, -0.05) is 62.9 Å². The third-order valence-corrected chi connectivity index (χ3v) is 8.00. The molecule has 0 saturated heterocycles. The summed E-state index contributed by atoms with van der Waals surface area (Å²) in [6.45, 7) is 8.65. The minimum atomic E-state index is -0.409. The average molecular weight is 462 g/mol. The fourth-order valence-electron chi connectivity index (χ4n) is 3.17. The average Bonchev–Trinajstić information content (AvgIpc) is 3.03. The number of para-hydroxylation sites is 1. The van der Waals surface area contributed by atoms with Crippen molar-refractivity contribution in [3.05, 3.63) is 40.3 Å². The van der Waals surface area contributed by atoms with E-state index in [-0.39, 0.29) is 17.2 Å². The van der Waals surface area contributed by atoms with Gasteiger partial charge < -0.3 is 4.90 Å². The maximum Gasteiger partial charge on any atom is 0.297 e. The Bertz CT molecular complexity index is 1150. The molecule has 0 saturated carbocycles. The molecule has 0 aliphatic carbocycles. The highest BCUT2D eigenvalue weighted by Gasteiger charge is 2.25. The summed E-state index contributed by atoms with van der Waals surface area (Å²) in [6, 6.07) is 8.05. The highest BCUT2D eigenvalue weighted by atomic mass is 32.2. The van der Waals surface area contributed by atoms with E-state index in [1.165, 1.54) is 27.6 Å². The summed E-state index contributed by atoms with van der Waals surface area (Å²) in [7, 11) is 0. The lowest BCUT2D eigenvalue weighted by Crippen LogP contribution is -2.33. The number of fused-ring (bicyclic) bond motifs is 2.